The normalized spacial score (nSPS) is 11.5. The zero-order valence-electron chi connectivity index (χ0n) is 23.7. The van der Waals surface area contributed by atoms with Gasteiger partial charge in [-0.1, -0.05) is 106 Å². The van der Waals surface area contributed by atoms with Crippen molar-refractivity contribution < 1.29 is 19.4 Å². The third kappa shape index (κ3) is 39.1. The van der Waals surface area contributed by atoms with Crippen molar-refractivity contribution in [3.8, 4) is 0 Å². The zero-order chi connectivity index (χ0) is 27.0. The highest BCUT2D eigenvalue weighted by atomic mass is 16.5. The molecule has 0 aliphatic heterocycles. The fraction of sp³-hybridized carbons (Fsp3) is 0.688. The summed E-state index contributed by atoms with van der Waals surface area (Å²) >= 11 is 0. The standard InChI is InChI=1S/2C16H28O2/c1-3-4-5-6-7-8-9-10-11-12-13-14-15-18-16(2)17;1-2-3-4-5-6-7-8-9-10-11-12-13-14-15-16(17)18/h3-4,6-7H,5,8-15H2,1-2H3;2-3,5-6H,4,7-15H2,1H3,(H,17,18)/b4-3+,7-6-;3-2+,6-5-. The van der Waals surface area contributed by atoms with E-state index in [1.165, 1.54) is 84.0 Å². The van der Waals surface area contributed by atoms with Gasteiger partial charge in [-0.15, -0.1) is 0 Å². The Morgan fingerprint density at radius 1 is 0.583 bits per heavy atom. The molecular weight excluding hydrogens is 448 g/mol. The number of carbonyl (C=O) groups is 2. The molecule has 0 aromatic heterocycles. The van der Waals surface area contributed by atoms with Crippen molar-refractivity contribution in [2.45, 2.75) is 136 Å². The number of carboxylic acid groups (broad SMARTS) is 1. The van der Waals surface area contributed by atoms with Crippen molar-refractivity contribution in [1.82, 2.24) is 0 Å². The predicted octanol–water partition coefficient (Wildman–Crippen LogP) is 9.91. The van der Waals surface area contributed by atoms with E-state index in [1.807, 2.05) is 6.92 Å². The lowest BCUT2D eigenvalue weighted by Gasteiger charge is -2.01. The van der Waals surface area contributed by atoms with Gasteiger partial charge in [0.05, 0.1) is 6.61 Å². The van der Waals surface area contributed by atoms with Crippen LogP contribution in [0.25, 0.3) is 0 Å². The molecule has 0 heterocycles. The van der Waals surface area contributed by atoms with E-state index in [0.717, 1.165) is 32.1 Å². The molecule has 4 heteroatoms. The number of esters is 1. The maximum Gasteiger partial charge on any atom is 0.303 e. The molecular formula is C32H56O4. The third-order valence-electron chi connectivity index (χ3n) is 5.68. The number of hydrogen-bond donors (Lipinski definition) is 1. The zero-order valence-corrected chi connectivity index (χ0v) is 23.7. The van der Waals surface area contributed by atoms with Crippen LogP contribution >= 0.6 is 0 Å². The molecule has 4 nitrogen and oxygen atoms in total. The topological polar surface area (TPSA) is 63.6 Å². The molecule has 0 aromatic carbocycles. The average molecular weight is 505 g/mol. The van der Waals surface area contributed by atoms with Crippen molar-refractivity contribution >= 4 is 11.9 Å². The highest BCUT2D eigenvalue weighted by Crippen LogP contribution is 2.10. The first-order chi connectivity index (χ1) is 17.5. The molecule has 0 unspecified atom stereocenters. The van der Waals surface area contributed by atoms with Crippen molar-refractivity contribution in [1.29, 1.82) is 0 Å². The van der Waals surface area contributed by atoms with Crippen LogP contribution in [0.2, 0.25) is 0 Å². The Morgan fingerprint density at radius 2 is 1.00 bits per heavy atom. The van der Waals surface area contributed by atoms with Crippen LogP contribution in [0, 0.1) is 0 Å². The first kappa shape index (κ1) is 36.1. The van der Waals surface area contributed by atoms with E-state index in [2.05, 4.69) is 55.5 Å². The first-order valence-corrected chi connectivity index (χ1v) is 14.4. The fourth-order valence-electron chi connectivity index (χ4n) is 3.57. The van der Waals surface area contributed by atoms with Crippen LogP contribution in [0.5, 0.6) is 0 Å². The fourth-order valence-corrected chi connectivity index (χ4v) is 3.57. The van der Waals surface area contributed by atoms with Gasteiger partial charge in [0.1, 0.15) is 0 Å². The Hall–Kier alpha value is -2.10. The summed E-state index contributed by atoms with van der Waals surface area (Å²) in [5, 5.41) is 8.48. The molecule has 0 aliphatic rings. The number of allylic oxidation sites excluding steroid dienone is 8. The largest absolute Gasteiger partial charge is 0.481 e. The van der Waals surface area contributed by atoms with Gasteiger partial charge < -0.3 is 9.84 Å². The van der Waals surface area contributed by atoms with Crippen molar-refractivity contribution in [2.24, 2.45) is 0 Å². The molecule has 1 N–H and O–H groups in total. The van der Waals surface area contributed by atoms with E-state index in [4.69, 9.17) is 9.84 Å². The molecule has 0 aromatic rings. The van der Waals surface area contributed by atoms with E-state index in [-0.39, 0.29) is 5.97 Å². The summed E-state index contributed by atoms with van der Waals surface area (Å²) < 4.78 is 4.88. The van der Waals surface area contributed by atoms with Crippen LogP contribution in [-0.2, 0) is 14.3 Å². The maximum atomic E-state index is 10.5. The molecule has 0 rings (SSSR count). The quantitative estimate of drug-likeness (QED) is 0.0854. The molecule has 0 amide bonds. The number of unbranched alkanes of at least 4 members (excludes halogenated alkanes) is 13. The van der Waals surface area contributed by atoms with E-state index in [9.17, 15) is 9.59 Å². The van der Waals surface area contributed by atoms with Gasteiger partial charge in [0, 0.05) is 13.3 Å². The second kappa shape index (κ2) is 32.9. The van der Waals surface area contributed by atoms with E-state index in [0.29, 0.717) is 13.0 Å². The Labute approximate surface area is 223 Å². The van der Waals surface area contributed by atoms with Crippen molar-refractivity contribution in [3.05, 3.63) is 48.6 Å². The Balaban J connectivity index is 0. The van der Waals surface area contributed by atoms with E-state index >= 15 is 0 Å². The van der Waals surface area contributed by atoms with Gasteiger partial charge in [0.25, 0.3) is 0 Å². The summed E-state index contributed by atoms with van der Waals surface area (Å²) in [7, 11) is 0. The van der Waals surface area contributed by atoms with Crippen molar-refractivity contribution in [2.75, 3.05) is 6.61 Å². The third-order valence-corrected chi connectivity index (χ3v) is 5.68. The van der Waals surface area contributed by atoms with Crippen LogP contribution < -0.4 is 0 Å². The predicted molar refractivity (Wildman–Crippen MR) is 155 cm³/mol. The van der Waals surface area contributed by atoms with Crippen molar-refractivity contribution in [3.63, 3.8) is 0 Å². The summed E-state index contributed by atoms with van der Waals surface area (Å²) in [6.45, 7) is 6.15. The lowest BCUT2D eigenvalue weighted by molar-refractivity contribution is -0.141. The van der Waals surface area contributed by atoms with Gasteiger partial charge in [0.15, 0.2) is 0 Å². The summed E-state index contributed by atoms with van der Waals surface area (Å²) in [5.41, 5.74) is 0. The minimum Gasteiger partial charge on any atom is -0.481 e. The second-order valence-electron chi connectivity index (χ2n) is 9.21. The minimum atomic E-state index is -0.667. The summed E-state index contributed by atoms with van der Waals surface area (Å²) in [4.78, 5) is 20.8. The Kier molecular flexibility index (Phi) is 33.0. The summed E-state index contributed by atoms with van der Waals surface area (Å²) in [6.07, 6.45) is 37.9. The maximum absolute atomic E-state index is 10.5. The number of hydrogen-bond acceptors (Lipinski definition) is 3. The minimum absolute atomic E-state index is 0.167. The molecule has 0 spiro atoms. The van der Waals surface area contributed by atoms with Gasteiger partial charge >= 0.3 is 11.9 Å². The van der Waals surface area contributed by atoms with E-state index < -0.39 is 5.97 Å². The molecule has 0 atom stereocenters. The second-order valence-corrected chi connectivity index (χ2v) is 9.21. The number of ether oxygens (including phenoxy) is 1. The lowest BCUT2D eigenvalue weighted by atomic mass is 10.1. The van der Waals surface area contributed by atoms with Crippen LogP contribution in [0.4, 0.5) is 0 Å². The molecule has 0 bridgehead atoms. The van der Waals surface area contributed by atoms with Gasteiger partial charge in [0.2, 0.25) is 0 Å². The number of aliphatic carboxylic acids is 1. The Bertz CT molecular complexity index is 535. The van der Waals surface area contributed by atoms with Crippen LogP contribution in [0.3, 0.4) is 0 Å². The smallest absolute Gasteiger partial charge is 0.303 e. The monoisotopic (exact) mass is 504 g/mol. The number of carbonyl (C=O) groups excluding carboxylic acids is 1. The lowest BCUT2D eigenvalue weighted by Crippen LogP contribution is -1.99. The van der Waals surface area contributed by atoms with E-state index in [1.54, 1.807) is 0 Å². The average Bonchev–Trinajstić information content (AvgIpc) is 2.85. The molecule has 0 saturated carbocycles. The SMILES string of the molecule is C/C=C/C/C=C\CCCCCCCCCC(=O)O.C/C=C/C/C=C\CCCCCCCCOC(C)=O. The molecule has 36 heavy (non-hydrogen) atoms. The van der Waals surface area contributed by atoms with Gasteiger partial charge in [-0.05, 0) is 65.2 Å². The number of rotatable bonds is 23. The molecule has 0 saturated heterocycles. The molecule has 0 radical (unpaired) electrons. The van der Waals surface area contributed by atoms with Crippen LogP contribution in [0.15, 0.2) is 48.6 Å². The number of carboxylic acids is 1. The summed E-state index contributed by atoms with van der Waals surface area (Å²) in [6, 6.07) is 0. The summed E-state index contributed by atoms with van der Waals surface area (Å²) in [5.74, 6) is -0.834. The molecule has 208 valence electrons. The molecule has 0 aliphatic carbocycles. The molecule has 0 fully saturated rings. The van der Waals surface area contributed by atoms with Gasteiger partial charge in [-0.2, -0.15) is 0 Å². The van der Waals surface area contributed by atoms with Crippen LogP contribution in [0.1, 0.15) is 136 Å². The Morgan fingerprint density at radius 3 is 1.42 bits per heavy atom. The highest BCUT2D eigenvalue weighted by Gasteiger charge is 1.96. The van der Waals surface area contributed by atoms with Gasteiger partial charge in [-0.3, -0.25) is 9.59 Å². The van der Waals surface area contributed by atoms with Crippen LogP contribution in [-0.4, -0.2) is 23.7 Å². The highest BCUT2D eigenvalue weighted by molar-refractivity contribution is 5.66. The van der Waals surface area contributed by atoms with Gasteiger partial charge in [-0.25, -0.2) is 0 Å². The first-order valence-electron chi connectivity index (χ1n) is 14.4.